The van der Waals surface area contributed by atoms with Gasteiger partial charge in [-0.2, -0.15) is 5.26 Å². The first kappa shape index (κ1) is 8.03. The second kappa shape index (κ2) is 3.04. The van der Waals surface area contributed by atoms with Crippen molar-refractivity contribution in [2.45, 2.75) is 25.4 Å². The third-order valence-electron chi connectivity index (χ3n) is 2.64. The fourth-order valence-corrected chi connectivity index (χ4v) is 1.32. The highest BCUT2D eigenvalue weighted by molar-refractivity contribution is 4.99. The van der Waals surface area contributed by atoms with Crippen molar-refractivity contribution >= 4 is 0 Å². The molecular formula is C9H13NO2. The molecule has 3 heteroatoms. The van der Waals surface area contributed by atoms with Crippen molar-refractivity contribution in [1.82, 2.24) is 0 Å². The summed E-state index contributed by atoms with van der Waals surface area (Å²) in [6.07, 6.45) is 3.28. The predicted octanol–water partition coefficient (Wildman–Crippen LogP) is 1.10. The molecule has 1 aliphatic heterocycles. The van der Waals surface area contributed by atoms with Gasteiger partial charge in [-0.15, -0.1) is 0 Å². The summed E-state index contributed by atoms with van der Waals surface area (Å²) < 4.78 is 10.6. The molecule has 12 heavy (non-hydrogen) atoms. The smallest absolute Gasteiger partial charge is 0.104 e. The zero-order valence-corrected chi connectivity index (χ0v) is 7.08. The molecule has 0 amide bonds. The number of hydrogen-bond donors (Lipinski definition) is 0. The number of nitrogens with zero attached hydrogens (tertiary/aromatic N) is 1. The van der Waals surface area contributed by atoms with Crippen molar-refractivity contribution in [3.63, 3.8) is 0 Å². The van der Waals surface area contributed by atoms with E-state index in [1.54, 1.807) is 0 Å². The van der Waals surface area contributed by atoms with Gasteiger partial charge < -0.3 is 9.47 Å². The van der Waals surface area contributed by atoms with Gasteiger partial charge in [0.1, 0.15) is 6.10 Å². The highest BCUT2D eigenvalue weighted by Gasteiger charge is 2.43. The lowest BCUT2D eigenvalue weighted by atomic mass is 10.1. The molecule has 0 atom stereocenters. The van der Waals surface area contributed by atoms with Gasteiger partial charge in [-0.3, -0.25) is 0 Å². The zero-order chi connectivity index (χ0) is 8.44. The Balaban J connectivity index is 1.68. The molecule has 0 radical (unpaired) electrons. The standard InChI is InChI=1S/C9H13NO2/c10-4-3-9(1-2-9)7-12-8-5-11-6-8/h8H,1-3,5-7H2. The molecular weight excluding hydrogens is 154 g/mol. The second-order valence-electron chi connectivity index (χ2n) is 3.81. The van der Waals surface area contributed by atoms with Crippen molar-refractivity contribution in [1.29, 1.82) is 5.26 Å². The molecule has 0 aromatic carbocycles. The minimum atomic E-state index is 0.227. The van der Waals surface area contributed by atoms with Crippen LogP contribution < -0.4 is 0 Å². The summed E-state index contributed by atoms with van der Waals surface area (Å²) in [6, 6.07) is 2.22. The predicted molar refractivity (Wildman–Crippen MR) is 42.5 cm³/mol. The van der Waals surface area contributed by atoms with Gasteiger partial charge >= 0.3 is 0 Å². The molecule has 3 nitrogen and oxygen atoms in total. The first-order valence-electron chi connectivity index (χ1n) is 4.41. The summed E-state index contributed by atoms with van der Waals surface area (Å²) in [5.74, 6) is 0. The zero-order valence-electron chi connectivity index (χ0n) is 7.08. The Morgan fingerprint density at radius 1 is 1.50 bits per heavy atom. The van der Waals surface area contributed by atoms with E-state index in [0.717, 1.165) is 32.7 Å². The van der Waals surface area contributed by atoms with Crippen molar-refractivity contribution in [3.05, 3.63) is 0 Å². The van der Waals surface area contributed by atoms with Crippen molar-refractivity contribution in [2.75, 3.05) is 19.8 Å². The van der Waals surface area contributed by atoms with Gasteiger partial charge in [0.25, 0.3) is 0 Å². The fraction of sp³-hybridized carbons (Fsp3) is 0.889. The number of ether oxygens (including phenoxy) is 2. The molecule has 2 fully saturated rings. The molecule has 0 unspecified atom stereocenters. The van der Waals surface area contributed by atoms with Crippen LogP contribution in [0.5, 0.6) is 0 Å². The number of rotatable bonds is 4. The average molecular weight is 167 g/mol. The van der Waals surface area contributed by atoms with Crippen LogP contribution in [0.15, 0.2) is 0 Å². The van der Waals surface area contributed by atoms with Gasteiger partial charge in [0.15, 0.2) is 0 Å². The SMILES string of the molecule is N#CCC1(COC2COC2)CC1. The Labute approximate surface area is 72.3 Å². The lowest BCUT2D eigenvalue weighted by Gasteiger charge is -2.27. The molecule has 2 rings (SSSR count). The quantitative estimate of drug-likeness (QED) is 0.629. The maximum Gasteiger partial charge on any atom is 0.104 e. The Morgan fingerprint density at radius 3 is 2.67 bits per heavy atom. The van der Waals surface area contributed by atoms with Gasteiger partial charge in [-0.05, 0) is 12.8 Å². The maximum atomic E-state index is 8.55. The molecule has 0 N–H and O–H groups in total. The minimum Gasteiger partial charge on any atom is -0.376 e. The summed E-state index contributed by atoms with van der Waals surface area (Å²) >= 11 is 0. The van der Waals surface area contributed by atoms with Gasteiger partial charge in [-0.25, -0.2) is 0 Å². The first-order chi connectivity index (χ1) is 5.85. The van der Waals surface area contributed by atoms with E-state index in [9.17, 15) is 0 Å². The highest BCUT2D eigenvalue weighted by Crippen LogP contribution is 2.48. The Bertz CT molecular complexity index is 201. The molecule has 0 spiro atoms. The van der Waals surface area contributed by atoms with Crippen LogP contribution in [0.1, 0.15) is 19.3 Å². The van der Waals surface area contributed by atoms with E-state index in [0.29, 0.717) is 12.5 Å². The topological polar surface area (TPSA) is 42.2 Å². The van der Waals surface area contributed by atoms with Crippen molar-refractivity contribution in [3.8, 4) is 6.07 Å². The van der Waals surface area contributed by atoms with Gasteiger partial charge in [0, 0.05) is 11.8 Å². The average Bonchev–Trinajstić information content (AvgIpc) is 2.67. The lowest BCUT2D eigenvalue weighted by Crippen LogP contribution is -2.37. The van der Waals surface area contributed by atoms with E-state index in [2.05, 4.69) is 6.07 Å². The molecule has 0 aromatic heterocycles. The molecule has 1 saturated carbocycles. The maximum absolute atomic E-state index is 8.55. The Hall–Kier alpha value is -0.590. The van der Waals surface area contributed by atoms with E-state index in [1.807, 2.05) is 0 Å². The largest absolute Gasteiger partial charge is 0.376 e. The van der Waals surface area contributed by atoms with Crippen LogP contribution in [0.4, 0.5) is 0 Å². The van der Waals surface area contributed by atoms with E-state index >= 15 is 0 Å². The normalized spacial score (nSPS) is 25.9. The van der Waals surface area contributed by atoms with Crippen LogP contribution >= 0.6 is 0 Å². The third-order valence-corrected chi connectivity index (χ3v) is 2.64. The number of nitriles is 1. The summed E-state index contributed by atoms with van der Waals surface area (Å²) in [5, 5.41) is 8.55. The Morgan fingerprint density at radius 2 is 2.25 bits per heavy atom. The van der Waals surface area contributed by atoms with E-state index in [-0.39, 0.29) is 5.41 Å². The van der Waals surface area contributed by atoms with Gasteiger partial charge in [-0.1, -0.05) is 0 Å². The molecule has 1 heterocycles. The summed E-state index contributed by atoms with van der Waals surface area (Å²) in [6.45, 7) is 2.24. The van der Waals surface area contributed by atoms with Gasteiger partial charge in [0.05, 0.1) is 25.9 Å². The van der Waals surface area contributed by atoms with E-state index in [1.165, 1.54) is 0 Å². The molecule has 1 saturated heterocycles. The van der Waals surface area contributed by atoms with Crippen LogP contribution in [0.3, 0.4) is 0 Å². The molecule has 1 aliphatic carbocycles. The summed E-state index contributed by atoms with van der Waals surface area (Å²) in [5.41, 5.74) is 0.227. The van der Waals surface area contributed by atoms with Crippen LogP contribution in [0.25, 0.3) is 0 Å². The fourth-order valence-electron chi connectivity index (χ4n) is 1.32. The monoisotopic (exact) mass is 167 g/mol. The van der Waals surface area contributed by atoms with Crippen LogP contribution in [0.2, 0.25) is 0 Å². The van der Waals surface area contributed by atoms with Crippen molar-refractivity contribution in [2.24, 2.45) is 5.41 Å². The summed E-state index contributed by atoms with van der Waals surface area (Å²) in [7, 11) is 0. The van der Waals surface area contributed by atoms with Gasteiger partial charge in [0.2, 0.25) is 0 Å². The molecule has 66 valence electrons. The minimum absolute atomic E-state index is 0.227. The van der Waals surface area contributed by atoms with Crippen LogP contribution in [-0.2, 0) is 9.47 Å². The Kier molecular flexibility index (Phi) is 2.03. The first-order valence-corrected chi connectivity index (χ1v) is 4.41. The van der Waals surface area contributed by atoms with E-state index < -0.39 is 0 Å². The lowest BCUT2D eigenvalue weighted by molar-refractivity contribution is -0.137. The molecule has 0 bridgehead atoms. The summed E-state index contributed by atoms with van der Waals surface area (Å²) in [4.78, 5) is 0. The third kappa shape index (κ3) is 1.60. The van der Waals surface area contributed by atoms with Crippen LogP contribution in [0, 0.1) is 16.7 Å². The molecule has 2 aliphatic rings. The van der Waals surface area contributed by atoms with Crippen LogP contribution in [-0.4, -0.2) is 25.9 Å². The molecule has 0 aromatic rings. The second-order valence-corrected chi connectivity index (χ2v) is 3.81. The number of hydrogen-bond acceptors (Lipinski definition) is 3. The highest BCUT2D eigenvalue weighted by atomic mass is 16.6. The van der Waals surface area contributed by atoms with E-state index in [4.69, 9.17) is 14.7 Å². The van der Waals surface area contributed by atoms with Crippen molar-refractivity contribution < 1.29 is 9.47 Å².